The summed E-state index contributed by atoms with van der Waals surface area (Å²) in [5, 5.41) is 22.4. The first kappa shape index (κ1) is 11.0. The van der Waals surface area contributed by atoms with Crippen molar-refractivity contribution in [2.24, 2.45) is 5.16 Å². The molecule has 0 aromatic heterocycles. The van der Waals surface area contributed by atoms with Crippen LogP contribution < -0.4 is 0 Å². The first-order chi connectivity index (χ1) is 7.02. The number of phenolic OH excluding ortho intramolecular Hbond substituents is 2. The number of nitrogens with zero attached hydrogens (tertiary/aromatic N) is 1. The van der Waals surface area contributed by atoms with Gasteiger partial charge in [0.05, 0.1) is 11.3 Å². The number of oxime groups is 1. The van der Waals surface area contributed by atoms with Gasteiger partial charge in [-0.3, -0.25) is 0 Å². The molecule has 1 aromatic rings. The molecule has 0 unspecified atom stereocenters. The number of phenols is 2. The molecule has 0 atom stereocenters. The van der Waals surface area contributed by atoms with E-state index in [2.05, 4.69) is 9.99 Å². The molecule has 0 spiro atoms. The minimum atomic E-state index is -0.565. The summed E-state index contributed by atoms with van der Waals surface area (Å²) in [6.07, 6.45) is 0. The molecule has 15 heavy (non-hydrogen) atoms. The van der Waals surface area contributed by atoms with Crippen LogP contribution in [-0.2, 0) is 9.63 Å². The Morgan fingerprint density at radius 3 is 2.27 bits per heavy atom. The topological polar surface area (TPSA) is 79.1 Å². The molecule has 1 aromatic carbocycles. The van der Waals surface area contributed by atoms with E-state index in [-0.39, 0.29) is 22.8 Å². The number of carbonyl (C=O) groups excluding carboxylic acids is 1. The Morgan fingerprint density at radius 1 is 1.27 bits per heavy atom. The van der Waals surface area contributed by atoms with Crippen molar-refractivity contribution in [3.63, 3.8) is 0 Å². The van der Waals surface area contributed by atoms with E-state index >= 15 is 0 Å². The van der Waals surface area contributed by atoms with Crippen molar-refractivity contribution < 1.29 is 19.8 Å². The maximum atomic E-state index is 10.5. The lowest BCUT2D eigenvalue weighted by Crippen LogP contribution is -2.00. The van der Waals surface area contributed by atoms with Crippen LogP contribution in [0.15, 0.2) is 23.4 Å². The van der Waals surface area contributed by atoms with Gasteiger partial charge in [0.2, 0.25) is 0 Å². The average molecular weight is 209 g/mol. The Balaban J connectivity index is 3.05. The van der Waals surface area contributed by atoms with Gasteiger partial charge >= 0.3 is 5.97 Å². The van der Waals surface area contributed by atoms with Crippen LogP contribution in [0.4, 0.5) is 0 Å². The van der Waals surface area contributed by atoms with E-state index in [0.717, 1.165) is 0 Å². The molecule has 0 aliphatic carbocycles. The fourth-order valence-electron chi connectivity index (χ4n) is 1.08. The van der Waals surface area contributed by atoms with Crippen molar-refractivity contribution in [1.29, 1.82) is 0 Å². The average Bonchev–Trinajstić information content (AvgIpc) is 2.14. The first-order valence-electron chi connectivity index (χ1n) is 4.26. The van der Waals surface area contributed by atoms with Gasteiger partial charge in [-0.2, -0.15) is 0 Å². The van der Waals surface area contributed by atoms with Gasteiger partial charge in [0.25, 0.3) is 0 Å². The minimum absolute atomic E-state index is 0.122. The fraction of sp³-hybridized carbons (Fsp3) is 0.200. The Labute approximate surface area is 86.6 Å². The number of aromatic hydroxyl groups is 2. The summed E-state index contributed by atoms with van der Waals surface area (Å²) in [5.41, 5.74) is 0.375. The van der Waals surface area contributed by atoms with Gasteiger partial charge in [0.15, 0.2) is 0 Å². The second-order valence-corrected chi connectivity index (χ2v) is 2.93. The zero-order valence-electron chi connectivity index (χ0n) is 8.39. The van der Waals surface area contributed by atoms with Crippen molar-refractivity contribution in [3.8, 4) is 11.5 Å². The fourth-order valence-corrected chi connectivity index (χ4v) is 1.08. The molecular formula is C10H11NO4. The zero-order valence-corrected chi connectivity index (χ0v) is 8.39. The first-order valence-corrected chi connectivity index (χ1v) is 4.26. The van der Waals surface area contributed by atoms with Crippen LogP contribution in [-0.4, -0.2) is 21.9 Å². The molecular weight excluding hydrogens is 198 g/mol. The molecule has 80 valence electrons. The Hall–Kier alpha value is -2.04. The van der Waals surface area contributed by atoms with E-state index < -0.39 is 5.97 Å². The number of hydrogen-bond acceptors (Lipinski definition) is 5. The van der Waals surface area contributed by atoms with E-state index in [0.29, 0.717) is 0 Å². The molecule has 0 saturated heterocycles. The van der Waals surface area contributed by atoms with Gasteiger partial charge in [-0.25, -0.2) is 4.79 Å². The third kappa shape index (κ3) is 2.70. The Bertz CT molecular complexity index is 392. The molecule has 5 heteroatoms. The molecule has 2 N–H and O–H groups in total. The third-order valence-electron chi connectivity index (χ3n) is 1.69. The van der Waals surface area contributed by atoms with E-state index in [1.807, 2.05) is 0 Å². The second kappa shape index (κ2) is 4.45. The zero-order chi connectivity index (χ0) is 11.4. The van der Waals surface area contributed by atoms with Gasteiger partial charge < -0.3 is 15.1 Å². The monoisotopic (exact) mass is 209 g/mol. The van der Waals surface area contributed by atoms with Crippen molar-refractivity contribution in [1.82, 2.24) is 0 Å². The quantitative estimate of drug-likeness (QED) is 0.438. The summed E-state index contributed by atoms with van der Waals surface area (Å²) >= 11 is 0. The summed E-state index contributed by atoms with van der Waals surface area (Å²) in [6, 6.07) is 4.30. The van der Waals surface area contributed by atoms with Crippen LogP contribution in [0.5, 0.6) is 11.5 Å². The Kier molecular flexibility index (Phi) is 3.28. The standard InChI is InChI=1S/C10H11NO4/c1-6(11-15-7(2)12)10-8(13)4-3-5-9(10)14/h3-5,13-14H,1-2H3/b11-6-. The van der Waals surface area contributed by atoms with Crippen molar-refractivity contribution in [2.45, 2.75) is 13.8 Å². The molecule has 0 heterocycles. The van der Waals surface area contributed by atoms with Crippen molar-refractivity contribution >= 4 is 11.7 Å². The maximum absolute atomic E-state index is 10.5. The predicted molar refractivity (Wildman–Crippen MR) is 53.7 cm³/mol. The highest BCUT2D eigenvalue weighted by atomic mass is 16.7. The largest absolute Gasteiger partial charge is 0.507 e. The highest BCUT2D eigenvalue weighted by Gasteiger charge is 2.10. The lowest BCUT2D eigenvalue weighted by Gasteiger charge is -2.05. The van der Waals surface area contributed by atoms with Crippen LogP contribution in [0, 0.1) is 0 Å². The second-order valence-electron chi connectivity index (χ2n) is 2.93. The third-order valence-corrected chi connectivity index (χ3v) is 1.69. The van der Waals surface area contributed by atoms with Gasteiger partial charge in [0, 0.05) is 6.92 Å². The van der Waals surface area contributed by atoms with Gasteiger partial charge in [-0.15, -0.1) is 0 Å². The van der Waals surface area contributed by atoms with Gasteiger partial charge in [0.1, 0.15) is 11.5 Å². The Morgan fingerprint density at radius 2 is 1.80 bits per heavy atom. The molecule has 0 bridgehead atoms. The summed E-state index contributed by atoms with van der Waals surface area (Å²) in [5.74, 6) is -0.809. The van der Waals surface area contributed by atoms with Gasteiger partial charge in [-0.05, 0) is 19.1 Å². The molecule has 0 aliphatic rings. The van der Waals surface area contributed by atoms with E-state index in [4.69, 9.17) is 0 Å². The summed E-state index contributed by atoms with van der Waals surface area (Å²) in [6.45, 7) is 2.72. The summed E-state index contributed by atoms with van der Waals surface area (Å²) in [7, 11) is 0. The van der Waals surface area contributed by atoms with Crippen molar-refractivity contribution in [3.05, 3.63) is 23.8 Å². The van der Waals surface area contributed by atoms with Crippen LogP contribution in [0.25, 0.3) is 0 Å². The van der Waals surface area contributed by atoms with Crippen molar-refractivity contribution in [2.75, 3.05) is 0 Å². The van der Waals surface area contributed by atoms with E-state index in [1.54, 1.807) is 0 Å². The van der Waals surface area contributed by atoms with Crippen LogP contribution in [0.3, 0.4) is 0 Å². The SMILES string of the molecule is CC(=O)O/N=C(/C)c1c(O)cccc1O. The maximum Gasteiger partial charge on any atom is 0.331 e. The molecule has 0 fully saturated rings. The molecule has 0 radical (unpaired) electrons. The number of hydrogen-bond donors (Lipinski definition) is 2. The minimum Gasteiger partial charge on any atom is -0.507 e. The van der Waals surface area contributed by atoms with E-state index in [9.17, 15) is 15.0 Å². The molecule has 0 saturated carbocycles. The van der Waals surface area contributed by atoms with Crippen LogP contribution >= 0.6 is 0 Å². The van der Waals surface area contributed by atoms with Crippen LogP contribution in [0.2, 0.25) is 0 Å². The van der Waals surface area contributed by atoms with E-state index in [1.165, 1.54) is 32.0 Å². The molecule has 0 aliphatic heterocycles. The highest BCUT2D eigenvalue weighted by Crippen LogP contribution is 2.26. The number of rotatable bonds is 2. The smallest absolute Gasteiger partial charge is 0.331 e. The lowest BCUT2D eigenvalue weighted by molar-refractivity contribution is -0.140. The lowest BCUT2D eigenvalue weighted by atomic mass is 10.1. The molecule has 1 rings (SSSR count). The molecule has 5 nitrogen and oxygen atoms in total. The highest BCUT2D eigenvalue weighted by molar-refractivity contribution is 6.03. The number of carbonyl (C=O) groups is 1. The normalized spacial score (nSPS) is 11.2. The van der Waals surface area contributed by atoms with Gasteiger partial charge in [-0.1, -0.05) is 11.2 Å². The molecule has 0 amide bonds. The predicted octanol–water partition coefficient (Wildman–Crippen LogP) is 1.38. The summed E-state index contributed by atoms with van der Waals surface area (Å²) < 4.78 is 0. The summed E-state index contributed by atoms with van der Waals surface area (Å²) in [4.78, 5) is 14.9. The number of benzene rings is 1. The van der Waals surface area contributed by atoms with Crippen LogP contribution in [0.1, 0.15) is 19.4 Å².